The largest absolute Gasteiger partial charge is 0.314 e. The van der Waals surface area contributed by atoms with Crippen molar-refractivity contribution in [2.45, 2.75) is 52.0 Å². The van der Waals surface area contributed by atoms with Gasteiger partial charge in [0.05, 0.1) is 0 Å². The number of rotatable bonds is 6. The first kappa shape index (κ1) is 13.4. The fourth-order valence-corrected chi connectivity index (χ4v) is 3.10. The van der Waals surface area contributed by atoms with Gasteiger partial charge in [0.1, 0.15) is 0 Å². The molecule has 1 N–H and O–H groups in total. The lowest BCUT2D eigenvalue weighted by Crippen LogP contribution is -2.33. The molecule has 0 radical (unpaired) electrons. The first-order valence-electron chi connectivity index (χ1n) is 6.44. The van der Waals surface area contributed by atoms with E-state index in [4.69, 9.17) is 0 Å². The minimum absolute atomic E-state index is 0.703. The van der Waals surface area contributed by atoms with Crippen LogP contribution in [0.15, 0.2) is 0 Å². The molecule has 0 bridgehead atoms. The number of hydrogen-bond donors (Lipinski definition) is 1. The van der Waals surface area contributed by atoms with Gasteiger partial charge >= 0.3 is 0 Å². The summed E-state index contributed by atoms with van der Waals surface area (Å²) in [5, 5.41) is 3.69. The Morgan fingerprint density at radius 1 is 1.40 bits per heavy atom. The Labute approximate surface area is 99.8 Å². The van der Waals surface area contributed by atoms with E-state index in [1.54, 1.807) is 0 Å². The summed E-state index contributed by atoms with van der Waals surface area (Å²) in [5.41, 5.74) is 0. The molecule has 0 aromatic rings. The fraction of sp³-hybridized carbons (Fsp3) is 1.00. The van der Waals surface area contributed by atoms with Crippen LogP contribution in [0.2, 0.25) is 0 Å². The van der Waals surface area contributed by atoms with E-state index < -0.39 is 0 Å². The van der Waals surface area contributed by atoms with Gasteiger partial charge in [-0.25, -0.2) is 0 Å². The van der Waals surface area contributed by atoms with Gasteiger partial charge in [-0.3, -0.25) is 0 Å². The van der Waals surface area contributed by atoms with Gasteiger partial charge in [0.2, 0.25) is 0 Å². The van der Waals surface area contributed by atoms with Crippen LogP contribution in [0.1, 0.15) is 46.0 Å². The fourth-order valence-electron chi connectivity index (χ4n) is 2.51. The van der Waals surface area contributed by atoms with Gasteiger partial charge in [-0.1, -0.05) is 19.8 Å². The summed E-state index contributed by atoms with van der Waals surface area (Å²) in [6.45, 7) is 5.98. The zero-order valence-electron chi connectivity index (χ0n) is 10.6. The van der Waals surface area contributed by atoms with Crippen molar-refractivity contribution in [1.29, 1.82) is 0 Å². The zero-order valence-corrected chi connectivity index (χ0v) is 11.4. The van der Waals surface area contributed by atoms with Gasteiger partial charge in [0.25, 0.3) is 0 Å². The standard InChI is InChI=1S/C13H27NS/c1-11-5-4-6-13(9-11)10-14-12(2)7-8-15-3/h11-14H,4-10H2,1-3H3. The van der Waals surface area contributed by atoms with Gasteiger partial charge in [0, 0.05) is 6.04 Å². The molecule has 0 aromatic carbocycles. The van der Waals surface area contributed by atoms with Crippen molar-refractivity contribution in [1.82, 2.24) is 5.32 Å². The minimum Gasteiger partial charge on any atom is -0.314 e. The molecule has 0 aromatic heterocycles. The molecule has 1 aliphatic carbocycles. The zero-order chi connectivity index (χ0) is 11.1. The lowest BCUT2D eigenvalue weighted by Gasteiger charge is -2.28. The molecule has 0 heterocycles. The van der Waals surface area contributed by atoms with Crippen LogP contribution in [0.3, 0.4) is 0 Å². The second kappa shape index (κ2) is 7.56. The van der Waals surface area contributed by atoms with E-state index in [0.717, 1.165) is 11.8 Å². The maximum atomic E-state index is 3.69. The van der Waals surface area contributed by atoms with E-state index in [2.05, 4.69) is 25.4 Å². The average Bonchev–Trinajstić information content (AvgIpc) is 2.23. The topological polar surface area (TPSA) is 12.0 Å². The van der Waals surface area contributed by atoms with Crippen molar-refractivity contribution in [2.24, 2.45) is 11.8 Å². The molecule has 90 valence electrons. The van der Waals surface area contributed by atoms with Crippen molar-refractivity contribution in [3.8, 4) is 0 Å². The van der Waals surface area contributed by atoms with Crippen LogP contribution >= 0.6 is 11.8 Å². The lowest BCUT2D eigenvalue weighted by molar-refractivity contribution is 0.267. The van der Waals surface area contributed by atoms with Gasteiger partial charge in [-0.2, -0.15) is 11.8 Å². The van der Waals surface area contributed by atoms with Crippen LogP contribution in [-0.2, 0) is 0 Å². The molecule has 1 saturated carbocycles. The molecule has 2 heteroatoms. The van der Waals surface area contributed by atoms with Crippen molar-refractivity contribution in [3.05, 3.63) is 0 Å². The molecule has 0 saturated heterocycles. The smallest absolute Gasteiger partial charge is 0.00466 e. The summed E-state index contributed by atoms with van der Waals surface area (Å²) >= 11 is 1.95. The van der Waals surface area contributed by atoms with Crippen LogP contribution in [0, 0.1) is 11.8 Å². The van der Waals surface area contributed by atoms with E-state index in [1.807, 2.05) is 11.8 Å². The number of thioether (sulfide) groups is 1. The van der Waals surface area contributed by atoms with E-state index in [1.165, 1.54) is 44.4 Å². The molecule has 3 unspecified atom stereocenters. The molecule has 1 aliphatic rings. The summed E-state index contributed by atoms with van der Waals surface area (Å²) in [4.78, 5) is 0. The van der Waals surface area contributed by atoms with Crippen LogP contribution in [-0.4, -0.2) is 24.6 Å². The van der Waals surface area contributed by atoms with Crippen molar-refractivity contribution in [2.75, 3.05) is 18.6 Å². The first-order chi connectivity index (χ1) is 7.22. The van der Waals surface area contributed by atoms with Gasteiger partial charge in [0.15, 0.2) is 0 Å². The summed E-state index contributed by atoms with van der Waals surface area (Å²) in [7, 11) is 0. The summed E-state index contributed by atoms with van der Waals surface area (Å²) in [5.74, 6) is 3.20. The third-order valence-electron chi connectivity index (χ3n) is 3.55. The van der Waals surface area contributed by atoms with Crippen LogP contribution in [0.5, 0.6) is 0 Å². The highest BCUT2D eigenvalue weighted by Crippen LogP contribution is 2.27. The van der Waals surface area contributed by atoms with Crippen LogP contribution in [0.4, 0.5) is 0 Å². The molecule has 1 nitrogen and oxygen atoms in total. The predicted molar refractivity (Wildman–Crippen MR) is 71.6 cm³/mol. The quantitative estimate of drug-likeness (QED) is 0.747. The van der Waals surface area contributed by atoms with Crippen molar-refractivity contribution < 1.29 is 0 Å². The molecule has 0 spiro atoms. The molecule has 0 aliphatic heterocycles. The Morgan fingerprint density at radius 2 is 2.20 bits per heavy atom. The third kappa shape index (κ3) is 5.82. The molecule has 1 rings (SSSR count). The maximum absolute atomic E-state index is 3.69. The Bertz CT molecular complexity index is 161. The van der Waals surface area contributed by atoms with Crippen molar-refractivity contribution in [3.63, 3.8) is 0 Å². The second-order valence-corrected chi connectivity index (χ2v) is 6.21. The number of nitrogens with one attached hydrogen (secondary N) is 1. The Balaban J connectivity index is 2.07. The normalized spacial score (nSPS) is 29.0. The van der Waals surface area contributed by atoms with E-state index in [-0.39, 0.29) is 0 Å². The van der Waals surface area contributed by atoms with E-state index >= 15 is 0 Å². The Kier molecular flexibility index (Phi) is 6.74. The molecule has 1 fully saturated rings. The molecular weight excluding hydrogens is 202 g/mol. The monoisotopic (exact) mass is 229 g/mol. The Morgan fingerprint density at radius 3 is 2.87 bits per heavy atom. The van der Waals surface area contributed by atoms with Crippen molar-refractivity contribution >= 4 is 11.8 Å². The average molecular weight is 229 g/mol. The first-order valence-corrected chi connectivity index (χ1v) is 7.84. The molecular formula is C13H27NS. The van der Waals surface area contributed by atoms with Crippen LogP contribution in [0.25, 0.3) is 0 Å². The van der Waals surface area contributed by atoms with E-state index in [9.17, 15) is 0 Å². The van der Waals surface area contributed by atoms with Crippen LogP contribution < -0.4 is 5.32 Å². The van der Waals surface area contributed by atoms with Gasteiger partial charge in [-0.15, -0.1) is 0 Å². The van der Waals surface area contributed by atoms with E-state index in [0.29, 0.717) is 6.04 Å². The predicted octanol–water partition coefficient (Wildman–Crippen LogP) is 3.54. The Hall–Kier alpha value is 0.310. The molecule has 3 atom stereocenters. The highest BCUT2D eigenvalue weighted by Gasteiger charge is 2.18. The van der Waals surface area contributed by atoms with Gasteiger partial charge in [-0.05, 0) is 56.6 Å². The summed E-state index contributed by atoms with van der Waals surface area (Å²) in [6.07, 6.45) is 9.30. The molecule has 0 amide bonds. The highest BCUT2D eigenvalue weighted by atomic mass is 32.2. The third-order valence-corrected chi connectivity index (χ3v) is 4.20. The second-order valence-electron chi connectivity index (χ2n) is 5.23. The highest BCUT2D eigenvalue weighted by molar-refractivity contribution is 7.98. The summed E-state index contributed by atoms with van der Waals surface area (Å²) < 4.78 is 0. The summed E-state index contributed by atoms with van der Waals surface area (Å²) in [6, 6.07) is 0.703. The molecule has 15 heavy (non-hydrogen) atoms. The minimum atomic E-state index is 0.703. The van der Waals surface area contributed by atoms with Gasteiger partial charge < -0.3 is 5.32 Å². The lowest BCUT2D eigenvalue weighted by atomic mass is 9.82. The number of hydrogen-bond acceptors (Lipinski definition) is 2. The SMILES string of the molecule is CSCCC(C)NCC1CCCC(C)C1. The maximum Gasteiger partial charge on any atom is 0.00466 e.